The molecule has 0 saturated heterocycles. The topological polar surface area (TPSA) is 87.7 Å². The molecule has 0 spiro atoms. The van der Waals surface area contributed by atoms with Gasteiger partial charge in [-0.15, -0.1) is 0 Å². The van der Waals surface area contributed by atoms with E-state index in [1.54, 1.807) is 49.1 Å². The molecule has 1 aliphatic heterocycles. The predicted molar refractivity (Wildman–Crippen MR) is 136 cm³/mol. The van der Waals surface area contributed by atoms with Crippen LogP contribution >= 0.6 is 0 Å². The van der Waals surface area contributed by atoms with Gasteiger partial charge in [-0.05, 0) is 54.8 Å². The van der Waals surface area contributed by atoms with E-state index in [1.807, 2.05) is 43.3 Å². The van der Waals surface area contributed by atoms with Crippen LogP contribution in [-0.2, 0) is 9.53 Å². The van der Waals surface area contributed by atoms with Crippen LogP contribution in [0.2, 0.25) is 0 Å². The summed E-state index contributed by atoms with van der Waals surface area (Å²) in [6, 6.07) is 19.6. The summed E-state index contributed by atoms with van der Waals surface area (Å²) in [6.07, 6.45) is 0.761. The van der Waals surface area contributed by atoms with Crippen molar-refractivity contribution in [3.63, 3.8) is 0 Å². The number of carbonyl (C=O) groups is 3. The SMILES string of the molecule is CCCN1C(=O)NC(c2ccc(NC(=O)c3cccc4ccccc34)cc2)C(C(=O)OCC)=C1C. The molecule has 7 nitrogen and oxygen atoms in total. The van der Waals surface area contributed by atoms with Crippen molar-refractivity contribution in [1.82, 2.24) is 10.2 Å². The highest BCUT2D eigenvalue weighted by atomic mass is 16.5. The monoisotopic (exact) mass is 471 g/mol. The minimum absolute atomic E-state index is 0.210. The summed E-state index contributed by atoms with van der Waals surface area (Å²) in [5.74, 6) is -0.664. The number of amides is 3. The second-order valence-corrected chi connectivity index (χ2v) is 8.36. The molecule has 7 heteroatoms. The molecule has 1 heterocycles. The molecule has 3 amide bonds. The molecule has 35 heavy (non-hydrogen) atoms. The summed E-state index contributed by atoms with van der Waals surface area (Å²) >= 11 is 0. The van der Waals surface area contributed by atoms with Crippen LogP contribution < -0.4 is 10.6 Å². The first-order chi connectivity index (χ1) is 16.9. The molecule has 3 aromatic rings. The number of rotatable bonds is 7. The van der Waals surface area contributed by atoms with Gasteiger partial charge in [0, 0.05) is 23.5 Å². The van der Waals surface area contributed by atoms with Gasteiger partial charge in [0.15, 0.2) is 0 Å². The van der Waals surface area contributed by atoms with Gasteiger partial charge < -0.3 is 15.4 Å². The Morgan fingerprint density at radius 3 is 2.43 bits per heavy atom. The molecule has 0 aliphatic carbocycles. The van der Waals surface area contributed by atoms with Crippen LogP contribution in [0, 0.1) is 0 Å². The summed E-state index contributed by atoms with van der Waals surface area (Å²) < 4.78 is 5.29. The van der Waals surface area contributed by atoms with Gasteiger partial charge in [-0.2, -0.15) is 0 Å². The number of allylic oxidation sites excluding steroid dienone is 1. The lowest BCUT2D eigenvalue weighted by molar-refractivity contribution is -0.139. The summed E-state index contributed by atoms with van der Waals surface area (Å²) in [7, 11) is 0. The zero-order valence-corrected chi connectivity index (χ0v) is 20.1. The van der Waals surface area contributed by atoms with E-state index in [4.69, 9.17) is 4.74 Å². The van der Waals surface area contributed by atoms with E-state index >= 15 is 0 Å². The third-order valence-corrected chi connectivity index (χ3v) is 6.08. The number of carbonyl (C=O) groups excluding carboxylic acids is 3. The Morgan fingerprint density at radius 2 is 1.71 bits per heavy atom. The van der Waals surface area contributed by atoms with Gasteiger partial charge in [-0.25, -0.2) is 9.59 Å². The molecule has 1 atom stereocenters. The molecular formula is C28H29N3O4. The van der Waals surface area contributed by atoms with Crippen molar-refractivity contribution in [3.05, 3.63) is 89.1 Å². The molecule has 1 unspecified atom stereocenters. The van der Waals surface area contributed by atoms with Crippen LogP contribution in [0.3, 0.4) is 0 Å². The molecule has 0 radical (unpaired) electrons. The number of anilines is 1. The third kappa shape index (κ3) is 4.89. The summed E-state index contributed by atoms with van der Waals surface area (Å²) in [5, 5.41) is 7.75. The smallest absolute Gasteiger partial charge is 0.338 e. The number of urea groups is 1. The van der Waals surface area contributed by atoms with Gasteiger partial charge in [-0.3, -0.25) is 9.69 Å². The number of nitrogens with zero attached hydrogens (tertiary/aromatic N) is 1. The minimum Gasteiger partial charge on any atom is -0.463 e. The van der Waals surface area contributed by atoms with E-state index in [0.29, 0.717) is 29.1 Å². The number of benzene rings is 3. The Morgan fingerprint density at radius 1 is 1.00 bits per heavy atom. The lowest BCUT2D eigenvalue weighted by Gasteiger charge is -2.35. The summed E-state index contributed by atoms with van der Waals surface area (Å²) in [4.78, 5) is 40.1. The van der Waals surface area contributed by atoms with Crippen molar-refractivity contribution in [1.29, 1.82) is 0 Å². The Hall–Kier alpha value is -4.13. The first-order valence-electron chi connectivity index (χ1n) is 11.8. The van der Waals surface area contributed by atoms with Crippen molar-refractivity contribution in [2.45, 2.75) is 33.2 Å². The second kappa shape index (κ2) is 10.4. The first kappa shape index (κ1) is 24.0. The number of nitrogens with one attached hydrogen (secondary N) is 2. The zero-order valence-electron chi connectivity index (χ0n) is 20.1. The van der Waals surface area contributed by atoms with E-state index in [9.17, 15) is 14.4 Å². The molecule has 3 aromatic carbocycles. The number of fused-ring (bicyclic) bond motifs is 1. The van der Waals surface area contributed by atoms with Crippen molar-refractivity contribution >= 4 is 34.4 Å². The quantitative estimate of drug-likeness (QED) is 0.451. The molecule has 0 fully saturated rings. The molecule has 0 bridgehead atoms. The fourth-order valence-corrected chi connectivity index (χ4v) is 4.38. The minimum atomic E-state index is -0.641. The van der Waals surface area contributed by atoms with Crippen molar-refractivity contribution in [2.24, 2.45) is 0 Å². The number of hydrogen-bond acceptors (Lipinski definition) is 4. The van der Waals surface area contributed by atoms with Crippen molar-refractivity contribution in [3.8, 4) is 0 Å². The fourth-order valence-electron chi connectivity index (χ4n) is 4.38. The van der Waals surface area contributed by atoms with Gasteiger partial charge in [0.2, 0.25) is 0 Å². The Labute approximate surface area is 204 Å². The molecule has 1 aliphatic rings. The Bertz CT molecular complexity index is 1290. The van der Waals surface area contributed by atoms with Gasteiger partial charge >= 0.3 is 12.0 Å². The van der Waals surface area contributed by atoms with Crippen LogP contribution in [0.15, 0.2) is 78.0 Å². The van der Waals surface area contributed by atoms with Crippen LogP contribution in [0.4, 0.5) is 10.5 Å². The maximum absolute atomic E-state index is 13.0. The van der Waals surface area contributed by atoms with Crippen LogP contribution in [0.25, 0.3) is 10.8 Å². The number of ether oxygens (including phenoxy) is 1. The maximum Gasteiger partial charge on any atom is 0.338 e. The molecular weight excluding hydrogens is 442 g/mol. The third-order valence-electron chi connectivity index (χ3n) is 6.08. The Kier molecular flexibility index (Phi) is 7.15. The van der Waals surface area contributed by atoms with E-state index in [2.05, 4.69) is 10.6 Å². The van der Waals surface area contributed by atoms with Crippen molar-refractivity contribution < 1.29 is 19.1 Å². The molecule has 180 valence electrons. The van der Waals surface area contributed by atoms with Crippen molar-refractivity contribution in [2.75, 3.05) is 18.5 Å². The average Bonchev–Trinajstić information content (AvgIpc) is 2.86. The summed E-state index contributed by atoms with van der Waals surface area (Å²) in [6.45, 7) is 6.24. The predicted octanol–water partition coefficient (Wildman–Crippen LogP) is 5.41. The van der Waals surface area contributed by atoms with Crippen LogP contribution in [0.5, 0.6) is 0 Å². The standard InChI is InChI=1S/C28H29N3O4/c1-4-17-31-18(3)24(27(33)35-5-2)25(30-28(31)34)20-13-15-21(16-14-20)29-26(32)23-12-8-10-19-9-6-7-11-22(19)23/h6-16,25H,4-5,17H2,1-3H3,(H,29,32)(H,30,34). The fraction of sp³-hybridized carbons (Fsp3) is 0.250. The highest BCUT2D eigenvalue weighted by Crippen LogP contribution is 2.32. The highest BCUT2D eigenvalue weighted by molar-refractivity contribution is 6.12. The lowest BCUT2D eigenvalue weighted by Crippen LogP contribution is -2.48. The van der Waals surface area contributed by atoms with Crippen LogP contribution in [0.1, 0.15) is 49.2 Å². The molecule has 4 rings (SSSR count). The van der Waals surface area contributed by atoms with Crippen LogP contribution in [-0.4, -0.2) is 36.0 Å². The number of hydrogen-bond donors (Lipinski definition) is 2. The molecule has 2 N–H and O–H groups in total. The average molecular weight is 472 g/mol. The summed E-state index contributed by atoms with van der Waals surface area (Å²) in [5.41, 5.74) is 2.92. The highest BCUT2D eigenvalue weighted by Gasteiger charge is 2.36. The number of esters is 1. The first-order valence-corrected chi connectivity index (χ1v) is 11.8. The van der Waals surface area contributed by atoms with E-state index in [0.717, 1.165) is 22.8 Å². The van der Waals surface area contributed by atoms with E-state index < -0.39 is 12.0 Å². The maximum atomic E-state index is 13.0. The molecule has 0 aromatic heterocycles. The second-order valence-electron chi connectivity index (χ2n) is 8.36. The van der Waals surface area contributed by atoms with E-state index in [-0.39, 0.29) is 18.5 Å². The van der Waals surface area contributed by atoms with Gasteiger partial charge in [0.05, 0.1) is 18.2 Å². The van der Waals surface area contributed by atoms with Gasteiger partial charge in [0.25, 0.3) is 5.91 Å². The van der Waals surface area contributed by atoms with Gasteiger partial charge in [-0.1, -0.05) is 55.5 Å². The zero-order chi connectivity index (χ0) is 24.9. The Balaban J connectivity index is 1.60. The van der Waals surface area contributed by atoms with E-state index in [1.165, 1.54) is 0 Å². The largest absolute Gasteiger partial charge is 0.463 e. The lowest BCUT2D eigenvalue weighted by atomic mass is 9.94. The van der Waals surface area contributed by atoms with Gasteiger partial charge in [0.1, 0.15) is 0 Å². The normalized spacial score (nSPS) is 15.7. The molecule has 0 saturated carbocycles.